The lowest BCUT2D eigenvalue weighted by molar-refractivity contribution is -0.131. The SMILES string of the molecule is COc1ccc(O)c(C2C3=CCC4C(=O)N(c5ccccc5)C(=O)C4C3CC3C(=O)N(c4cc(-c5sc6ccc(Cl)cc6c5C)nn4C)C(=O)C32C)c1. The summed E-state index contributed by atoms with van der Waals surface area (Å²) in [5, 5.41) is 17.9. The van der Waals surface area contributed by atoms with Crippen molar-refractivity contribution < 1.29 is 29.0 Å². The standard InChI is InChI=1S/C41H35ClN4O6S/c1-20-26-16-21(42)10-15-32(26)53-36(20)30-19-33(44(3)43-30)46-38(49)29-18-27-24(35(41(29,2)40(46)51)28-17-23(52-4)11-14-31(28)47)12-13-25-34(27)39(50)45(37(25)48)22-8-6-5-7-9-22/h5-12,14-17,19,25,27,29,34-35,47H,13,18H2,1-4H3. The van der Waals surface area contributed by atoms with Gasteiger partial charge in [0, 0.05) is 34.3 Å². The molecule has 0 radical (unpaired) electrons. The third-order valence-electron chi connectivity index (χ3n) is 12.0. The number of phenols is 1. The number of fused-ring (bicyclic) bond motifs is 5. The van der Waals surface area contributed by atoms with E-state index in [4.69, 9.17) is 21.4 Å². The Morgan fingerprint density at radius 2 is 1.72 bits per heavy atom. The van der Waals surface area contributed by atoms with Gasteiger partial charge in [-0.15, -0.1) is 11.3 Å². The van der Waals surface area contributed by atoms with Gasteiger partial charge in [0.1, 0.15) is 23.0 Å². The summed E-state index contributed by atoms with van der Waals surface area (Å²) in [5.74, 6) is -4.20. The maximum atomic E-state index is 15.1. The van der Waals surface area contributed by atoms with Gasteiger partial charge in [-0.1, -0.05) is 41.4 Å². The summed E-state index contributed by atoms with van der Waals surface area (Å²) in [7, 11) is 3.23. The molecule has 4 aliphatic rings. The van der Waals surface area contributed by atoms with Crippen LogP contribution in [0.1, 0.15) is 36.8 Å². The third kappa shape index (κ3) is 4.66. The molecule has 6 unspecified atom stereocenters. The summed E-state index contributed by atoms with van der Waals surface area (Å²) in [5.41, 5.74) is 1.97. The number of aromatic nitrogens is 2. The van der Waals surface area contributed by atoms with Crippen LogP contribution in [0.15, 0.2) is 84.4 Å². The van der Waals surface area contributed by atoms with E-state index in [1.54, 1.807) is 72.5 Å². The number of nitrogens with zero attached hydrogens (tertiary/aromatic N) is 4. The van der Waals surface area contributed by atoms with Crippen molar-refractivity contribution in [3.05, 3.63) is 101 Å². The number of hydrogen-bond acceptors (Lipinski definition) is 8. The first-order chi connectivity index (χ1) is 25.4. The van der Waals surface area contributed by atoms with E-state index >= 15 is 4.79 Å². The molecule has 12 heteroatoms. The predicted molar refractivity (Wildman–Crippen MR) is 202 cm³/mol. The monoisotopic (exact) mass is 746 g/mol. The van der Waals surface area contributed by atoms with Crippen LogP contribution in [-0.4, -0.2) is 45.6 Å². The number of benzene rings is 3. The molecule has 2 saturated heterocycles. The summed E-state index contributed by atoms with van der Waals surface area (Å²) < 4.78 is 8.16. The van der Waals surface area contributed by atoms with Crippen molar-refractivity contribution in [2.24, 2.45) is 36.1 Å². The number of amides is 4. The van der Waals surface area contributed by atoms with Crippen LogP contribution in [0.5, 0.6) is 11.5 Å². The molecule has 5 aromatic rings. The second-order valence-electron chi connectivity index (χ2n) is 14.6. The molecular formula is C41H35ClN4O6S. The smallest absolute Gasteiger partial charge is 0.242 e. The van der Waals surface area contributed by atoms with E-state index in [0.29, 0.717) is 40.0 Å². The number of carbonyl (C=O) groups is 4. The highest BCUT2D eigenvalue weighted by molar-refractivity contribution is 7.22. The number of anilines is 2. The Hall–Kier alpha value is -5.26. The number of aryl methyl sites for hydroxylation is 2. The second-order valence-corrected chi connectivity index (χ2v) is 16.1. The fourth-order valence-electron chi connectivity index (χ4n) is 9.52. The lowest BCUT2D eigenvalue weighted by Crippen LogP contribution is -2.49. The van der Waals surface area contributed by atoms with Gasteiger partial charge < -0.3 is 9.84 Å². The summed E-state index contributed by atoms with van der Waals surface area (Å²) in [6.45, 7) is 3.79. The number of imide groups is 2. The number of allylic oxidation sites excluding steroid dienone is 2. The quantitative estimate of drug-likeness (QED) is 0.147. The molecule has 268 valence electrons. The molecule has 1 saturated carbocycles. The van der Waals surface area contributed by atoms with Crippen LogP contribution in [0.2, 0.25) is 5.02 Å². The first kappa shape index (κ1) is 33.6. The van der Waals surface area contributed by atoms with E-state index in [-0.39, 0.29) is 24.0 Å². The first-order valence-corrected chi connectivity index (χ1v) is 18.7. The molecule has 2 aliphatic carbocycles. The van der Waals surface area contributed by atoms with Gasteiger partial charge in [-0.3, -0.25) is 28.8 Å². The predicted octanol–water partition coefficient (Wildman–Crippen LogP) is 7.41. The minimum atomic E-state index is -1.35. The van der Waals surface area contributed by atoms with Crippen molar-refractivity contribution in [1.29, 1.82) is 0 Å². The number of thiophene rings is 1. The van der Waals surface area contributed by atoms with Crippen molar-refractivity contribution in [2.75, 3.05) is 16.9 Å². The lowest BCUT2D eigenvalue weighted by atomic mass is 9.51. The van der Waals surface area contributed by atoms with Gasteiger partial charge >= 0.3 is 0 Å². The first-order valence-electron chi connectivity index (χ1n) is 17.5. The summed E-state index contributed by atoms with van der Waals surface area (Å²) in [4.78, 5) is 61.6. The molecule has 1 N–H and O–H groups in total. The molecule has 9 rings (SSSR count). The lowest BCUT2D eigenvalue weighted by Gasteiger charge is -2.49. The Labute approximate surface area is 314 Å². The van der Waals surface area contributed by atoms with Crippen molar-refractivity contribution in [3.63, 3.8) is 0 Å². The summed E-state index contributed by atoms with van der Waals surface area (Å²) in [6, 6.07) is 21.2. The van der Waals surface area contributed by atoms with E-state index in [2.05, 4.69) is 0 Å². The minimum absolute atomic E-state index is 0.0546. The van der Waals surface area contributed by atoms with Crippen molar-refractivity contribution in [2.45, 2.75) is 32.6 Å². The average molecular weight is 747 g/mol. The minimum Gasteiger partial charge on any atom is -0.508 e. The molecule has 2 aliphatic heterocycles. The van der Waals surface area contributed by atoms with E-state index in [1.807, 2.05) is 37.3 Å². The molecule has 2 aromatic heterocycles. The zero-order valence-corrected chi connectivity index (χ0v) is 30.9. The number of halogens is 1. The highest BCUT2D eigenvalue weighted by Gasteiger charge is 2.68. The topological polar surface area (TPSA) is 122 Å². The van der Waals surface area contributed by atoms with Crippen molar-refractivity contribution in [3.8, 4) is 22.1 Å². The Balaban J connectivity index is 1.17. The number of para-hydroxylation sites is 1. The van der Waals surface area contributed by atoms with Gasteiger partial charge in [-0.2, -0.15) is 5.10 Å². The van der Waals surface area contributed by atoms with Crippen LogP contribution < -0.4 is 14.5 Å². The van der Waals surface area contributed by atoms with Gasteiger partial charge in [0.05, 0.1) is 40.8 Å². The molecule has 3 aromatic carbocycles. The molecule has 10 nitrogen and oxygen atoms in total. The Kier molecular flexibility index (Phi) is 7.52. The molecular weight excluding hydrogens is 712 g/mol. The van der Waals surface area contributed by atoms with Gasteiger partial charge in [0.25, 0.3) is 0 Å². The number of hydrogen-bond donors (Lipinski definition) is 1. The fraction of sp³-hybridized carbons (Fsp3) is 0.293. The zero-order valence-electron chi connectivity index (χ0n) is 29.4. The zero-order chi connectivity index (χ0) is 37.1. The fourth-order valence-corrected chi connectivity index (χ4v) is 10.8. The molecule has 53 heavy (non-hydrogen) atoms. The van der Waals surface area contributed by atoms with Crippen molar-refractivity contribution in [1.82, 2.24) is 9.78 Å². The summed E-state index contributed by atoms with van der Waals surface area (Å²) >= 11 is 7.88. The molecule has 0 spiro atoms. The van der Waals surface area contributed by atoms with E-state index in [9.17, 15) is 19.5 Å². The maximum absolute atomic E-state index is 15.1. The van der Waals surface area contributed by atoms with Crippen LogP contribution in [-0.2, 0) is 26.2 Å². The average Bonchev–Trinajstić information content (AvgIpc) is 3.82. The highest BCUT2D eigenvalue weighted by atomic mass is 35.5. The van der Waals surface area contributed by atoms with Crippen LogP contribution in [0.3, 0.4) is 0 Å². The van der Waals surface area contributed by atoms with Gasteiger partial charge in [-0.25, -0.2) is 4.90 Å². The number of methoxy groups -OCH3 is 1. The number of rotatable bonds is 5. The van der Waals surface area contributed by atoms with Gasteiger partial charge in [-0.05, 0) is 92.1 Å². The van der Waals surface area contributed by atoms with Crippen LogP contribution in [0.4, 0.5) is 11.5 Å². The molecule has 3 fully saturated rings. The number of phenolic OH excluding ortho intramolecular Hbond substituents is 1. The normalized spacial score (nSPS) is 26.6. The largest absolute Gasteiger partial charge is 0.508 e. The van der Waals surface area contributed by atoms with E-state index < -0.39 is 46.8 Å². The van der Waals surface area contributed by atoms with E-state index in [1.165, 1.54) is 23.0 Å². The second kappa shape index (κ2) is 11.9. The molecule has 4 amide bonds. The summed E-state index contributed by atoms with van der Waals surface area (Å²) in [6.07, 6.45) is 2.45. The Bertz CT molecular complexity index is 2450. The number of carbonyl (C=O) groups excluding carboxylic acids is 4. The highest BCUT2D eigenvalue weighted by Crippen LogP contribution is 2.64. The van der Waals surface area contributed by atoms with Crippen molar-refractivity contribution >= 4 is 68.2 Å². The molecule has 6 atom stereocenters. The Morgan fingerprint density at radius 3 is 2.47 bits per heavy atom. The molecule has 0 bridgehead atoms. The third-order valence-corrected chi connectivity index (χ3v) is 13.6. The van der Waals surface area contributed by atoms with Crippen LogP contribution in [0.25, 0.3) is 20.7 Å². The van der Waals surface area contributed by atoms with Gasteiger partial charge in [0.2, 0.25) is 23.6 Å². The van der Waals surface area contributed by atoms with Crippen LogP contribution in [0, 0.1) is 36.0 Å². The Morgan fingerprint density at radius 1 is 0.943 bits per heavy atom. The number of aromatic hydroxyl groups is 1. The van der Waals surface area contributed by atoms with Crippen LogP contribution >= 0.6 is 22.9 Å². The maximum Gasteiger partial charge on any atom is 0.242 e. The van der Waals surface area contributed by atoms with Gasteiger partial charge in [0.15, 0.2) is 0 Å². The number of ether oxygens (including phenoxy) is 1. The molecule has 4 heterocycles. The van der Waals surface area contributed by atoms with E-state index in [0.717, 1.165) is 26.1 Å².